The zero-order chi connectivity index (χ0) is 16.4. The topological polar surface area (TPSA) is 49.4 Å². The van der Waals surface area contributed by atoms with Crippen LogP contribution < -0.4 is 5.32 Å². The summed E-state index contributed by atoms with van der Waals surface area (Å²) >= 11 is 0. The minimum absolute atomic E-state index is 0.0379. The van der Waals surface area contributed by atoms with E-state index in [2.05, 4.69) is 11.4 Å². The summed E-state index contributed by atoms with van der Waals surface area (Å²) in [5.41, 5.74) is 5.34. The Hall–Kier alpha value is -2.10. The molecule has 1 aliphatic heterocycles. The van der Waals surface area contributed by atoms with Crippen molar-refractivity contribution in [3.63, 3.8) is 0 Å². The van der Waals surface area contributed by atoms with Gasteiger partial charge in [-0.15, -0.1) is 0 Å². The molecule has 23 heavy (non-hydrogen) atoms. The standard InChI is InChI=1S/C19H22N2O2/c1-19(2,3)16(18(23)21-7-4-8-21)20-17(22)13-6-5-12-14-9-11(14)10-15(12)13/h5-6,10,16H,4,7-9H2,1-3H3,(H,20,22)/t16-/m1/s1. The number of nitrogens with zero attached hydrogens (tertiary/aromatic N) is 1. The van der Waals surface area contributed by atoms with Gasteiger partial charge in [0.05, 0.1) is 0 Å². The van der Waals surface area contributed by atoms with Gasteiger partial charge in [0.1, 0.15) is 6.04 Å². The third-order valence-corrected chi connectivity index (χ3v) is 5.07. The van der Waals surface area contributed by atoms with Gasteiger partial charge in [-0.25, -0.2) is 0 Å². The first-order chi connectivity index (χ1) is 10.9. The molecule has 1 atom stereocenters. The highest BCUT2D eigenvalue weighted by atomic mass is 16.2. The van der Waals surface area contributed by atoms with E-state index in [1.807, 2.05) is 37.8 Å². The molecule has 0 aromatic heterocycles. The van der Waals surface area contributed by atoms with E-state index in [4.69, 9.17) is 0 Å². The van der Waals surface area contributed by atoms with Gasteiger partial charge in [0.25, 0.3) is 5.91 Å². The Morgan fingerprint density at radius 1 is 1.17 bits per heavy atom. The summed E-state index contributed by atoms with van der Waals surface area (Å²) in [5.74, 6) is -0.102. The average Bonchev–Trinajstić information content (AvgIpc) is 2.89. The molecule has 0 bridgehead atoms. The zero-order valence-corrected chi connectivity index (χ0v) is 13.9. The summed E-state index contributed by atoms with van der Waals surface area (Å²) < 4.78 is 0. The molecule has 4 aliphatic rings. The molecule has 0 unspecified atom stereocenters. The fraction of sp³-hybridized carbons (Fsp3) is 0.474. The van der Waals surface area contributed by atoms with Crippen LogP contribution in [0.2, 0.25) is 0 Å². The number of rotatable bonds is 3. The van der Waals surface area contributed by atoms with E-state index in [1.165, 1.54) is 16.7 Å². The van der Waals surface area contributed by atoms with Gasteiger partial charge in [0, 0.05) is 18.7 Å². The molecule has 0 spiro atoms. The van der Waals surface area contributed by atoms with Gasteiger partial charge in [-0.05, 0) is 52.7 Å². The maximum atomic E-state index is 12.8. The summed E-state index contributed by atoms with van der Waals surface area (Å²) in [4.78, 5) is 27.3. The quantitative estimate of drug-likeness (QED) is 0.869. The lowest BCUT2D eigenvalue weighted by molar-refractivity contribution is -0.141. The maximum absolute atomic E-state index is 12.8. The van der Waals surface area contributed by atoms with Crippen LogP contribution in [0.5, 0.6) is 0 Å². The molecule has 0 aromatic rings. The number of hydrogen-bond acceptors (Lipinski definition) is 2. The molecule has 1 saturated heterocycles. The summed E-state index contributed by atoms with van der Waals surface area (Å²) in [6.45, 7) is 7.60. The summed E-state index contributed by atoms with van der Waals surface area (Å²) in [6.07, 6.45) is 8.14. The van der Waals surface area contributed by atoms with Crippen molar-refractivity contribution in [2.75, 3.05) is 13.1 Å². The van der Waals surface area contributed by atoms with E-state index >= 15 is 0 Å². The van der Waals surface area contributed by atoms with Gasteiger partial charge in [0.15, 0.2) is 0 Å². The van der Waals surface area contributed by atoms with Crippen LogP contribution in [0.4, 0.5) is 0 Å². The number of carbonyl (C=O) groups is 2. The van der Waals surface area contributed by atoms with Crippen LogP contribution in [0.3, 0.4) is 0 Å². The largest absolute Gasteiger partial charge is 0.341 e. The summed E-state index contributed by atoms with van der Waals surface area (Å²) in [7, 11) is 0. The lowest BCUT2D eigenvalue weighted by atomic mass is 9.85. The van der Waals surface area contributed by atoms with Crippen LogP contribution >= 0.6 is 0 Å². The third-order valence-electron chi connectivity index (χ3n) is 5.07. The average molecular weight is 310 g/mol. The number of amides is 2. The van der Waals surface area contributed by atoms with Gasteiger partial charge in [0.2, 0.25) is 5.91 Å². The van der Waals surface area contributed by atoms with Crippen molar-refractivity contribution in [3.05, 3.63) is 46.1 Å². The summed E-state index contributed by atoms with van der Waals surface area (Å²) in [6, 6.07) is -0.489. The fourth-order valence-electron chi connectivity index (χ4n) is 3.41. The molecule has 4 nitrogen and oxygen atoms in total. The van der Waals surface area contributed by atoms with Gasteiger partial charge < -0.3 is 10.2 Å². The van der Waals surface area contributed by atoms with E-state index in [9.17, 15) is 9.59 Å². The molecule has 2 amide bonds. The molecule has 1 saturated carbocycles. The van der Waals surface area contributed by atoms with Gasteiger partial charge in [-0.1, -0.05) is 26.8 Å². The highest BCUT2D eigenvalue weighted by Gasteiger charge is 2.39. The van der Waals surface area contributed by atoms with Crippen molar-refractivity contribution in [3.8, 4) is 0 Å². The molecule has 2 fully saturated rings. The molecule has 1 N–H and O–H groups in total. The molecule has 0 aromatic carbocycles. The number of hydrogen-bond donors (Lipinski definition) is 1. The third kappa shape index (κ3) is 2.28. The SMILES string of the molecule is CC(C)(C)[C@H](NC(=O)C1=C2C=C3CC3=C2C=C1)C(=O)N1CCC1. The first-order valence-electron chi connectivity index (χ1n) is 8.33. The minimum atomic E-state index is -0.489. The smallest absolute Gasteiger partial charge is 0.252 e. The van der Waals surface area contributed by atoms with Crippen LogP contribution in [-0.2, 0) is 9.59 Å². The Morgan fingerprint density at radius 2 is 1.91 bits per heavy atom. The normalized spacial score (nSPS) is 22.6. The van der Waals surface area contributed by atoms with Crippen molar-refractivity contribution in [2.45, 2.75) is 39.7 Å². The number of carbonyl (C=O) groups excluding carboxylic acids is 2. The maximum Gasteiger partial charge on any atom is 0.252 e. The Kier molecular flexibility index (Phi) is 2.96. The van der Waals surface area contributed by atoms with Crippen LogP contribution in [-0.4, -0.2) is 35.8 Å². The molecule has 4 rings (SSSR count). The van der Waals surface area contributed by atoms with Crippen molar-refractivity contribution in [1.82, 2.24) is 10.2 Å². The van der Waals surface area contributed by atoms with Crippen molar-refractivity contribution in [1.29, 1.82) is 0 Å². The Morgan fingerprint density at radius 3 is 2.52 bits per heavy atom. The molecule has 3 aliphatic carbocycles. The van der Waals surface area contributed by atoms with Gasteiger partial charge in [-0.2, -0.15) is 0 Å². The van der Waals surface area contributed by atoms with E-state index in [0.717, 1.165) is 31.5 Å². The second-order valence-electron chi connectivity index (χ2n) is 7.85. The molecule has 1 heterocycles. The van der Waals surface area contributed by atoms with E-state index < -0.39 is 6.04 Å². The van der Waals surface area contributed by atoms with Crippen LogP contribution in [0, 0.1) is 5.41 Å². The van der Waals surface area contributed by atoms with Crippen molar-refractivity contribution < 1.29 is 9.59 Å². The highest BCUT2D eigenvalue weighted by Crippen LogP contribution is 2.51. The van der Waals surface area contributed by atoms with Gasteiger partial charge >= 0.3 is 0 Å². The lowest BCUT2D eigenvalue weighted by Gasteiger charge is -2.39. The number of allylic oxidation sites excluding steroid dienone is 6. The molecular weight excluding hydrogens is 288 g/mol. The molecule has 120 valence electrons. The van der Waals surface area contributed by atoms with Crippen LogP contribution in [0.1, 0.15) is 33.6 Å². The van der Waals surface area contributed by atoms with Crippen molar-refractivity contribution in [2.24, 2.45) is 5.41 Å². The Balaban J connectivity index is 1.56. The lowest BCUT2D eigenvalue weighted by Crippen LogP contribution is -2.57. The number of likely N-dealkylation sites (tertiary alicyclic amines) is 1. The first kappa shape index (κ1) is 14.5. The molecule has 0 radical (unpaired) electrons. The predicted molar refractivity (Wildman–Crippen MR) is 88.5 cm³/mol. The number of nitrogens with one attached hydrogen (secondary N) is 1. The molecule has 4 heteroatoms. The van der Waals surface area contributed by atoms with Gasteiger partial charge in [-0.3, -0.25) is 9.59 Å². The van der Waals surface area contributed by atoms with E-state index in [-0.39, 0.29) is 17.2 Å². The highest BCUT2D eigenvalue weighted by molar-refractivity contribution is 6.03. The van der Waals surface area contributed by atoms with Crippen LogP contribution in [0.25, 0.3) is 0 Å². The van der Waals surface area contributed by atoms with E-state index in [0.29, 0.717) is 5.57 Å². The predicted octanol–water partition coefficient (Wildman–Crippen LogP) is 2.26. The van der Waals surface area contributed by atoms with E-state index in [1.54, 1.807) is 0 Å². The fourth-order valence-corrected chi connectivity index (χ4v) is 3.41. The Bertz CT molecular complexity index is 740. The second kappa shape index (κ2) is 4.70. The number of fused-ring (bicyclic) bond motifs is 2. The minimum Gasteiger partial charge on any atom is -0.341 e. The van der Waals surface area contributed by atoms with Crippen molar-refractivity contribution >= 4 is 11.8 Å². The Labute approximate surface area is 136 Å². The second-order valence-corrected chi connectivity index (χ2v) is 7.85. The van der Waals surface area contributed by atoms with Crippen LogP contribution in [0.15, 0.2) is 46.1 Å². The zero-order valence-electron chi connectivity index (χ0n) is 13.9. The first-order valence-corrected chi connectivity index (χ1v) is 8.33. The molecular formula is C19H22N2O2. The monoisotopic (exact) mass is 310 g/mol. The summed E-state index contributed by atoms with van der Waals surface area (Å²) in [5, 5.41) is 3.00.